The van der Waals surface area contributed by atoms with Crippen molar-refractivity contribution in [3.8, 4) is 5.75 Å². The van der Waals surface area contributed by atoms with Gasteiger partial charge in [-0.25, -0.2) is 14.7 Å². The summed E-state index contributed by atoms with van der Waals surface area (Å²) in [6.45, 7) is 1.83. The molecular formula is C22H23N5O4. The minimum absolute atomic E-state index is 0.161. The maximum Gasteiger partial charge on any atom is 0.329 e. The van der Waals surface area contributed by atoms with E-state index in [2.05, 4.69) is 15.6 Å². The summed E-state index contributed by atoms with van der Waals surface area (Å²) in [5, 5.41) is 5.45. The summed E-state index contributed by atoms with van der Waals surface area (Å²) >= 11 is 0. The van der Waals surface area contributed by atoms with E-state index in [1.165, 1.54) is 7.11 Å². The molecule has 0 spiro atoms. The molecule has 0 unspecified atom stereocenters. The fourth-order valence-corrected chi connectivity index (χ4v) is 3.75. The molecule has 9 heteroatoms. The van der Waals surface area contributed by atoms with Gasteiger partial charge in [0.05, 0.1) is 36.3 Å². The van der Waals surface area contributed by atoms with Gasteiger partial charge in [-0.2, -0.15) is 0 Å². The number of carbonyl (C=O) groups excluding carboxylic acids is 3. The maximum absolute atomic E-state index is 12.7. The molecule has 4 rings (SSSR count). The van der Waals surface area contributed by atoms with Gasteiger partial charge in [0.15, 0.2) is 0 Å². The lowest BCUT2D eigenvalue weighted by atomic mass is 10.1. The van der Waals surface area contributed by atoms with Crippen molar-refractivity contribution in [3.63, 3.8) is 0 Å². The van der Waals surface area contributed by atoms with E-state index >= 15 is 0 Å². The molecule has 1 fully saturated rings. The molecule has 1 saturated heterocycles. The van der Waals surface area contributed by atoms with E-state index in [1.807, 2.05) is 42.8 Å². The van der Waals surface area contributed by atoms with Crippen molar-refractivity contribution < 1.29 is 19.1 Å². The molecule has 0 saturated carbocycles. The Morgan fingerprint density at radius 2 is 1.90 bits per heavy atom. The van der Waals surface area contributed by atoms with Crippen molar-refractivity contribution in [2.24, 2.45) is 7.05 Å². The first-order chi connectivity index (χ1) is 14.9. The highest BCUT2D eigenvalue weighted by Crippen LogP contribution is 2.24. The largest absolute Gasteiger partial charge is 0.497 e. The number of imidazole rings is 1. The van der Waals surface area contributed by atoms with Crippen molar-refractivity contribution in [2.45, 2.75) is 25.4 Å². The fourth-order valence-electron chi connectivity index (χ4n) is 3.75. The predicted molar refractivity (Wildman–Crippen MR) is 115 cm³/mol. The zero-order valence-electron chi connectivity index (χ0n) is 17.5. The summed E-state index contributed by atoms with van der Waals surface area (Å²) < 4.78 is 7.02. The molecule has 2 N–H and O–H groups in total. The molecule has 2 atom stereocenters. The average molecular weight is 421 g/mol. The number of methoxy groups -OCH3 is 1. The number of para-hydroxylation sites is 2. The van der Waals surface area contributed by atoms with E-state index < -0.39 is 18.0 Å². The zero-order chi connectivity index (χ0) is 22.1. The molecule has 0 bridgehead atoms. The van der Waals surface area contributed by atoms with Crippen molar-refractivity contribution in [1.82, 2.24) is 20.2 Å². The lowest BCUT2D eigenvalue weighted by molar-refractivity contribution is -0.126. The number of imide groups is 1. The molecule has 31 heavy (non-hydrogen) atoms. The molecule has 1 aliphatic heterocycles. The SMILES string of the molecule is COc1ccc(N2C(=O)N[C@H](CC(=O)N[C@H](C)c3nc4ccccc4n3C)C2=O)cc1. The zero-order valence-corrected chi connectivity index (χ0v) is 17.5. The summed E-state index contributed by atoms with van der Waals surface area (Å²) in [5.74, 6) is 0.495. The Balaban J connectivity index is 1.42. The van der Waals surface area contributed by atoms with Gasteiger partial charge in [-0.15, -0.1) is 0 Å². The number of urea groups is 1. The van der Waals surface area contributed by atoms with E-state index in [0.717, 1.165) is 15.9 Å². The first kappa shape index (κ1) is 20.4. The number of hydrogen-bond donors (Lipinski definition) is 2. The van der Waals surface area contributed by atoms with Gasteiger partial charge in [0, 0.05) is 7.05 Å². The standard InChI is InChI=1S/C22H23N5O4/c1-13(20-24-16-6-4-5-7-18(16)26(20)2)23-19(28)12-17-21(29)27(22(30)25-17)14-8-10-15(31-3)11-9-14/h4-11,13,17H,12H2,1-3H3,(H,23,28)(H,25,30)/t13-,17-/m1/s1. The van der Waals surface area contributed by atoms with Gasteiger partial charge in [-0.1, -0.05) is 12.1 Å². The van der Waals surface area contributed by atoms with Crippen LogP contribution in [0.5, 0.6) is 5.75 Å². The van der Waals surface area contributed by atoms with E-state index in [4.69, 9.17) is 4.74 Å². The van der Waals surface area contributed by atoms with Crippen LogP contribution in [0.15, 0.2) is 48.5 Å². The van der Waals surface area contributed by atoms with E-state index in [1.54, 1.807) is 24.3 Å². The minimum atomic E-state index is -0.928. The Hall–Kier alpha value is -3.88. The summed E-state index contributed by atoms with van der Waals surface area (Å²) in [5.41, 5.74) is 2.22. The Labute approximate surface area is 179 Å². The monoisotopic (exact) mass is 421 g/mol. The molecular weight excluding hydrogens is 398 g/mol. The van der Waals surface area contributed by atoms with Gasteiger partial charge in [0.25, 0.3) is 5.91 Å². The van der Waals surface area contributed by atoms with Gasteiger partial charge in [-0.3, -0.25) is 9.59 Å². The van der Waals surface area contributed by atoms with Gasteiger partial charge in [-0.05, 0) is 43.3 Å². The summed E-state index contributed by atoms with van der Waals surface area (Å²) in [4.78, 5) is 43.3. The Morgan fingerprint density at radius 3 is 2.58 bits per heavy atom. The van der Waals surface area contributed by atoms with Gasteiger partial charge in [0.1, 0.15) is 17.6 Å². The van der Waals surface area contributed by atoms with Crippen LogP contribution in [-0.4, -0.2) is 40.5 Å². The normalized spacial score (nSPS) is 17.0. The number of aryl methyl sites for hydroxylation is 1. The highest BCUT2D eigenvalue weighted by molar-refractivity contribution is 6.22. The summed E-state index contributed by atoms with van der Waals surface area (Å²) in [7, 11) is 3.42. The van der Waals surface area contributed by atoms with Crippen LogP contribution in [-0.2, 0) is 16.6 Å². The third-order valence-electron chi connectivity index (χ3n) is 5.33. The smallest absolute Gasteiger partial charge is 0.329 e. The van der Waals surface area contributed by atoms with Crippen molar-refractivity contribution in [3.05, 3.63) is 54.4 Å². The van der Waals surface area contributed by atoms with Crippen molar-refractivity contribution in [2.75, 3.05) is 12.0 Å². The number of hydrogen-bond acceptors (Lipinski definition) is 5. The molecule has 0 aliphatic carbocycles. The van der Waals surface area contributed by atoms with Crippen LogP contribution in [0.25, 0.3) is 11.0 Å². The Morgan fingerprint density at radius 1 is 1.19 bits per heavy atom. The van der Waals surface area contributed by atoms with Crippen molar-refractivity contribution in [1.29, 1.82) is 0 Å². The number of aromatic nitrogens is 2. The van der Waals surface area contributed by atoms with Crippen LogP contribution in [0.4, 0.5) is 10.5 Å². The first-order valence-corrected chi connectivity index (χ1v) is 9.88. The highest BCUT2D eigenvalue weighted by atomic mass is 16.5. The molecule has 1 aliphatic rings. The minimum Gasteiger partial charge on any atom is -0.497 e. The lowest BCUT2D eigenvalue weighted by Gasteiger charge is -2.16. The number of fused-ring (bicyclic) bond motifs is 1. The average Bonchev–Trinajstić information content (AvgIpc) is 3.24. The Kier molecular flexibility index (Phi) is 5.33. The quantitative estimate of drug-likeness (QED) is 0.594. The van der Waals surface area contributed by atoms with Crippen LogP contribution in [0.1, 0.15) is 25.2 Å². The Bertz CT molecular complexity index is 1150. The van der Waals surface area contributed by atoms with Gasteiger partial charge >= 0.3 is 6.03 Å². The number of nitrogens with zero attached hydrogens (tertiary/aromatic N) is 3. The molecule has 3 aromatic rings. The molecule has 160 valence electrons. The number of ether oxygens (including phenoxy) is 1. The number of benzene rings is 2. The molecule has 4 amide bonds. The third kappa shape index (κ3) is 3.81. The number of nitrogens with one attached hydrogen (secondary N) is 2. The summed E-state index contributed by atoms with van der Waals surface area (Å²) in [6.07, 6.45) is -0.161. The van der Waals surface area contributed by atoms with E-state index in [9.17, 15) is 14.4 Å². The second-order valence-electron chi connectivity index (χ2n) is 7.38. The molecule has 2 heterocycles. The molecule has 9 nitrogen and oxygen atoms in total. The third-order valence-corrected chi connectivity index (χ3v) is 5.33. The van der Waals surface area contributed by atoms with E-state index in [0.29, 0.717) is 17.3 Å². The first-order valence-electron chi connectivity index (χ1n) is 9.88. The number of anilines is 1. The maximum atomic E-state index is 12.7. The molecule has 1 aromatic heterocycles. The second kappa shape index (κ2) is 8.10. The molecule has 0 radical (unpaired) electrons. The van der Waals surface area contributed by atoms with Crippen LogP contribution in [0.2, 0.25) is 0 Å². The fraction of sp³-hybridized carbons (Fsp3) is 0.273. The summed E-state index contributed by atoms with van der Waals surface area (Å²) in [6, 6.07) is 12.4. The van der Waals surface area contributed by atoms with Crippen LogP contribution in [0.3, 0.4) is 0 Å². The predicted octanol–water partition coefficient (Wildman–Crippen LogP) is 2.27. The van der Waals surface area contributed by atoms with Gasteiger partial charge < -0.3 is 19.9 Å². The van der Waals surface area contributed by atoms with E-state index in [-0.39, 0.29) is 18.4 Å². The second-order valence-corrected chi connectivity index (χ2v) is 7.38. The van der Waals surface area contributed by atoms with Crippen LogP contribution in [0, 0.1) is 0 Å². The number of rotatable bonds is 6. The number of amides is 4. The molecule has 2 aromatic carbocycles. The van der Waals surface area contributed by atoms with Crippen LogP contribution >= 0.6 is 0 Å². The highest BCUT2D eigenvalue weighted by Gasteiger charge is 2.40. The lowest BCUT2D eigenvalue weighted by Crippen LogP contribution is -2.37. The van der Waals surface area contributed by atoms with Crippen LogP contribution < -0.4 is 20.3 Å². The van der Waals surface area contributed by atoms with Crippen molar-refractivity contribution >= 4 is 34.6 Å². The number of carbonyl (C=O) groups is 3. The topological polar surface area (TPSA) is 106 Å². The van der Waals surface area contributed by atoms with Gasteiger partial charge in [0.2, 0.25) is 5.91 Å².